The fraction of sp³-hybridized carbons (Fsp3) is 0.250. The summed E-state index contributed by atoms with van der Waals surface area (Å²) in [6.07, 6.45) is 7.09. The molecule has 4 aromatic rings. The van der Waals surface area contributed by atoms with E-state index in [1.807, 2.05) is 46.1 Å². The molecule has 4 heterocycles. The van der Waals surface area contributed by atoms with E-state index >= 15 is 0 Å². The molecule has 0 radical (unpaired) electrons. The Bertz CT molecular complexity index is 1310. The third-order valence-electron chi connectivity index (χ3n) is 5.95. The lowest BCUT2D eigenvalue weighted by atomic mass is 10.1. The molecule has 0 bridgehead atoms. The summed E-state index contributed by atoms with van der Waals surface area (Å²) in [5.41, 5.74) is 9.19. The van der Waals surface area contributed by atoms with Gasteiger partial charge in [0.05, 0.1) is 23.5 Å². The van der Waals surface area contributed by atoms with Gasteiger partial charge in [-0.15, -0.1) is 0 Å². The molecule has 0 aliphatic carbocycles. The highest BCUT2D eigenvalue weighted by Gasteiger charge is 2.23. The van der Waals surface area contributed by atoms with Crippen LogP contribution in [0.15, 0.2) is 59.4 Å². The number of benzene rings is 1. The van der Waals surface area contributed by atoms with Crippen LogP contribution >= 0.6 is 11.6 Å². The molecular weight excluding hydrogens is 440 g/mol. The molecule has 3 aromatic heterocycles. The third-order valence-corrected chi connectivity index (χ3v) is 6.19. The van der Waals surface area contributed by atoms with Crippen LogP contribution in [0.2, 0.25) is 5.02 Å². The van der Waals surface area contributed by atoms with Crippen LogP contribution in [-0.4, -0.2) is 43.6 Å². The molecular formula is C24H23ClN6O2. The van der Waals surface area contributed by atoms with Crippen LogP contribution in [0.1, 0.15) is 25.8 Å². The van der Waals surface area contributed by atoms with Gasteiger partial charge in [-0.3, -0.25) is 9.48 Å². The van der Waals surface area contributed by atoms with Crippen LogP contribution in [0.3, 0.4) is 0 Å². The van der Waals surface area contributed by atoms with E-state index in [-0.39, 0.29) is 11.9 Å². The lowest BCUT2D eigenvalue weighted by molar-refractivity contribution is -0.130. The zero-order valence-corrected chi connectivity index (χ0v) is 18.9. The van der Waals surface area contributed by atoms with Gasteiger partial charge in [0.15, 0.2) is 5.76 Å². The molecule has 1 amide bonds. The molecule has 1 aliphatic heterocycles. The molecule has 8 nitrogen and oxygen atoms in total. The number of hydrogen-bond acceptors (Lipinski definition) is 6. The van der Waals surface area contributed by atoms with Crippen LogP contribution in [-0.2, 0) is 4.79 Å². The van der Waals surface area contributed by atoms with Gasteiger partial charge in [-0.25, -0.2) is 9.97 Å². The summed E-state index contributed by atoms with van der Waals surface area (Å²) in [6, 6.07) is 11.5. The van der Waals surface area contributed by atoms with Gasteiger partial charge in [0.2, 0.25) is 11.8 Å². The SMILES string of the molecule is CC(=O)N1CCC(n2ccc(-c3cnc(N)c(-c4ncc(-c5cccc(Cl)c5)o4)c3)n2)CC1. The monoisotopic (exact) mass is 462 g/mol. The normalized spacial score (nSPS) is 14.5. The number of nitrogens with zero attached hydrogens (tertiary/aromatic N) is 5. The molecule has 33 heavy (non-hydrogen) atoms. The number of nitrogens with two attached hydrogens (primary N) is 1. The molecule has 0 saturated carbocycles. The lowest BCUT2D eigenvalue weighted by Crippen LogP contribution is -2.37. The van der Waals surface area contributed by atoms with Crippen molar-refractivity contribution in [2.24, 2.45) is 0 Å². The second-order valence-electron chi connectivity index (χ2n) is 8.12. The van der Waals surface area contributed by atoms with E-state index in [2.05, 4.69) is 9.97 Å². The van der Waals surface area contributed by atoms with Gasteiger partial charge >= 0.3 is 0 Å². The molecule has 0 unspecified atom stereocenters. The first-order valence-electron chi connectivity index (χ1n) is 10.8. The van der Waals surface area contributed by atoms with Crippen LogP contribution in [0.25, 0.3) is 34.0 Å². The zero-order chi connectivity index (χ0) is 22.9. The Kier molecular flexibility index (Phi) is 5.60. The van der Waals surface area contributed by atoms with Crippen molar-refractivity contribution >= 4 is 23.3 Å². The summed E-state index contributed by atoms with van der Waals surface area (Å²) >= 11 is 6.09. The Labute approximate surface area is 196 Å². The molecule has 168 valence electrons. The molecule has 5 rings (SSSR count). The van der Waals surface area contributed by atoms with Crippen LogP contribution < -0.4 is 5.73 Å². The lowest BCUT2D eigenvalue weighted by Gasteiger charge is -2.31. The van der Waals surface area contributed by atoms with Crippen molar-refractivity contribution in [3.05, 3.63) is 60.0 Å². The summed E-state index contributed by atoms with van der Waals surface area (Å²) in [6.45, 7) is 3.12. The number of nitrogen functional groups attached to an aromatic ring is 1. The predicted molar refractivity (Wildman–Crippen MR) is 126 cm³/mol. The molecule has 0 spiro atoms. The van der Waals surface area contributed by atoms with E-state index in [4.69, 9.17) is 26.9 Å². The Morgan fingerprint density at radius 3 is 2.70 bits per heavy atom. The number of amides is 1. The van der Waals surface area contributed by atoms with Crippen molar-refractivity contribution < 1.29 is 9.21 Å². The van der Waals surface area contributed by atoms with Crippen molar-refractivity contribution in [1.82, 2.24) is 24.6 Å². The molecule has 0 atom stereocenters. The van der Waals surface area contributed by atoms with Crippen LogP contribution in [0, 0.1) is 0 Å². The quantitative estimate of drug-likeness (QED) is 0.472. The minimum atomic E-state index is 0.125. The average Bonchev–Trinajstić information content (AvgIpc) is 3.50. The maximum Gasteiger partial charge on any atom is 0.230 e. The maximum atomic E-state index is 11.6. The van der Waals surface area contributed by atoms with Crippen molar-refractivity contribution in [3.8, 4) is 34.0 Å². The van der Waals surface area contributed by atoms with Crippen LogP contribution in [0.5, 0.6) is 0 Å². The molecule has 1 fully saturated rings. The molecule has 1 saturated heterocycles. The van der Waals surface area contributed by atoms with Crippen molar-refractivity contribution in [3.63, 3.8) is 0 Å². The van der Waals surface area contributed by atoms with Gasteiger partial charge in [-0.2, -0.15) is 5.10 Å². The number of carbonyl (C=O) groups is 1. The number of rotatable bonds is 4. The highest BCUT2D eigenvalue weighted by Crippen LogP contribution is 2.32. The molecule has 9 heteroatoms. The number of hydrogen-bond donors (Lipinski definition) is 1. The number of pyridine rings is 1. The second kappa shape index (κ2) is 8.71. The van der Waals surface area contributed by atoms with Gasteiger partial charge in [-0.05, 0) is 37.1 Å². The zero-order valence-electron chi connectivity index (χ0n) is 18.1. The summed E-state index contributed by atoms with van der Waals surface area (Å²) < 4.78 is 7.94. The van der Waals surface area contributed by atoms with E-state index in [1.54, 1.807) is 25.4 Å². The highest BCUT2D eigenvalue weighted by atomic mass is 35.5. The number of piperidine rings is 1. The van der Waals surface area contributed by atoms with E-state index in [9.17, 15) is 4.79 Å². The Morgan fingerprint density at radius 1 is 1.12 bits per heavy atom. The summed E-state index contributed by atoms with van der Waals surface area (Å²) in [4.78, 5) is 22.2. The summed E-state index contributed by atoms with van der Waals surface area (Å²) in [5.74, 6) is 1.43. The molecule has 1 aliphatic rings. The van der Waals surface area contributed by atoms with Crippen molar-refractivity contribution in [1.29, 1.82) is 0 Å². The van der Waals surface area contributed by atoms with E-state index < -0.39 is 0 Å². The minimum Gasteiger partial charge on any atom is -0.436 e. The number of oxazole rings is 1. The van der Waals surface area contributed by atoms with Gasteiger partial charge in [-0.1, -0.05) is 23.7 Å². The summed E-state index contributed by atoms with van der Waals surface area (Å²) in [7, 11) is 0. The van der Waals surface area contributed by atoms with Crippen molar-refractivity contribution in [2.75, 3.05) is 18.8 Å². The Balaban J connectivity index is 1.39. The first-order valence-corrected chi connectivity index (χ1v) is 11.1. The summed E-state index contributed by atoms with van der Waals surface area (Å²) in [5, 5.41) is 5.39. The van der Waals surface area contributed by atoms with Gasteiger partial charge in [0, 0.05) is 48.6 Å². The fourth-order valence-electron chi connectivity index (χ4n) is 4.10. The highest BCUT2D eigenvalue weighted by molar-refractivity contribution is 6.30. The van der Waals surface area contributed by atoms with E-state index in [0.29, 0.717) is 28.1 Å². The smallest absolute Gasteiger partial charge is 0.230 e. The second-order valence-corrected chi connectivity index (χ2v) is 8.55. The Hall–Kier alpha value is -3.65. The number of likely N-dealkylation sites (tertiary alicyclic amines) is 1. The Morgan fingerprint density at radius 2 is 1.94 bits per heavy atom. The minimum absolute atomic E-state index is 0.125. The third kappa shape index (κ3) is 4.34. The number of aromatic nitrogens is 4. The van der Waals surface area contributed by atoms with Gasteiger partial charge in [0.1, 0.15) is 5.82 Å². The topological polar surface area (TPSA) is 103 Å². The molecule has 2 N–H and O–H groups in total. The van der Waals surface area contributed by atoms with Crippen molar-refractivity contribution in [2.45, 2.75) is 25.8 Å². The van der Waals surface area contributed by atoms with E-state index in [0.717, 1.165) is 42.8 Å². The standard InChI is InChI=1S/C24H23ClN6O2/c1-15(32)30-8-5-19(6-9-30)31-10-7-21(29-31)17-12-20(23(26)27-13-17)24-28-14-22(33-24)16-3-2-4-18(25)11-16/h2-4,7,10-14,19H,5-6,8-9H2,1H3,(H2,26,27). The predicted octanol–water partition coefficient (Wildman–Crippen LogP) is 4.69. The van der Waals surface area contributed by atoms with E-state index in [1.165, 1.54) is 0 Å². The fourth-order valence-corrected chi connectivity index (χ4v) is 4.29. The first-order chi connectivity index (χ1) is 16.0. The number of carbonyl (C=O) groups excluding carboxylic acids is 1. The van der Waals surface area contributed by atoms with Gasteiger partial charge in [0.25, 0.3) is 0 Å². The first kappa shape index (κ1) is 21.2. The van der Waals surface area contributed by atoms with Crippen LogP contribution in [0.4, 0.5) is 5.82 Å². The number of anilines is 1. The maximum absolute atomic E-state index is 11.6. The number of halogens is 1. The molecule has 1 aromatic carbocycles. The average molecular weight is 463 g/mol. The van der Waals surface area contributed by atoms with Gasteiger partial charge < -0.3 is 15.1 Å². The largest absolute Gasteiger partial charge is 0.436 e.